The standard InChI is InChI=1S/C17H20ClNO2/c1-4-19-17(12-5-8-14(20-2)9-6-12)15-11-13(18)7-10-16(15)21-3/h5-11,17,19H,4H2,1-3H3. The number of halogens is 1. The molecule has 1 atom stereocenters. The van der Waals surface area contributed by atoms with Gasteiger partial charge in [-0.2, -0.15) is 0 Å². The Bertz CT molecular complexity index is 584. The van der Waals surface area contributed by atoms with E-state index >= 15 is 0 Å². The minimum atomic E-state index is 0.0227. The number of hydrogen-bond acceptors (Lipinski definition) is 3. The lowest BCUT2D eigenvalue weighted by Crippen LogP contribution is -2.22. The van der Waals surface area contributed by atoms with Crippen LogP contribution >= 0.6 is 11.6 Å². The van der Waals surface area contributed by atoms with Crippen molar-refractivity contribution < 1.29 is 9.47 Å². The van der Waals surface area contributed by atoms with Crippen molar-refractivity contribution >= 4 is 11.6 Å². The van der Waals surface area contributed by atoms with E-state index in [0.29, 0.717) is 5.02 Å². The van der Waals surface area contributed by atoms with Crippen molar-refractivity contribution in [2.45, 2.75) is 13.0 Å². The summed E-state index contributed by atoms with van der Waals surface area (Å²) in [6.45, 7) is 2.92. The molecule has 0 aliphatic rings. The third-order valence-electron chi connectivity index (χ3n) is 3.36. The molecular weight excluding hydrogens is 286 g/mol. The van der Waals surface area contributed by atoms with E-state index in [4.69, 9.17) is 21.1 Å². The minimum Gasteiger partial charge on any atom is -0.497 e. The van der Waals surface area contributed by atoms with Crippen molar-refractivity contribution in [3.05, 3.63) is 58.6 Å². The summed E-state index contributed by atoms with van der Waals surface area (Å²) >= 11 is 6.15. The summed E-state index contributed by atoms with van der Waals surface area (Å²) in [5.74, 6) is 1.66. The maximum atomic E-state index is 6.15. The van der Waals surface area contributed by atoms with Gasteiger partial charge in [0.1, 0.15) is 11.5 Å². The molecule has 0 radical (unpaired) electrons. The first-order valence-electron chi connectivity index (χ1n) is 6.90. The van der Waals surface area contributed by atoms with Gasteiger partial charge in [-0.1, -0.05) is 30.7 Å². The molecule has 0 bridgehead atoms. The number of ether oxygens (including phenoxy) is 2. The summed E-state index contributed by atoms with van der Waals surface area (Å²) in [5.41, 5.74) is 2.16. The molecule has 2 rings (SSSR count). The van der Waals surface area contributed by atoms with Gasteiger partial charge in [0.2, 0.25) is 0 Å². The third-order valence-corrected chi connectivity index (χ3v) is 3.60. The molecule has 112 valence electrons. The molecule has 0 aliphatic carbocycles. The first-order chi connectivity index (χ1) is 10.2. The number of nitrogens with one attached hydrogen (secondary N) is 1. The second kappa shape index (κ2) is 7.34. The highest BCUT2D eigenvalue weighted by molar-refractivity contribution is 6.30. The predicted molar refractivity (Wildman–Crippen MR) is 86.5 cm³/mol. The van der Waals surface area contributed by atoms with E-state index in [9.17, 15) is 0 Å². The topological polar surface area (TPSA) is 30.5 Å². The molecule has 0 saturated carbocycles. The van der Waals surface area contributed by atoms with Gasteiger partial charge in [-0.25, -0.2) is 0 Å². The van der Waals surface area contributed by atoms with E-state index in [1.165, 1.54) is 0 Å². The highest BCUT2D eigenvalue weighted by Crippen LogP contribution is 2.32. The highest BCUT2D eigenvalue weighted by Gasteiger charge is 2.18. The van der Waals surface area contributed by atoms with Gasteiger partial charge >= 0.3 is 0 Å². The van der Waals surface area contributed by atoms with Crippen LogP contribution in [0.1, 0.15) is 24.1 Å². The normalized spacial score (nSPS) is 12.0. The van der Waals surface area contributed by atoms with Crippen LogP contribution in [0.2, 0.25) is 5.02 Å². The van der Waals surface area contributed by atoms with E-state index in [-0.39, 0.29) is 6.04 Å². The van der Waals surface area contributed by atoms with Gasteiger partial charge in [0.15, 0.2) is 0 Å². The quantitative estimate of drug-likeness (QED) is 0.873. The Morgan fingerprint density at radius 2 is 1.76 bits per heavy atom. The molecule has 0 saturated heterocycles. The van der Waals surface area contributed by atoms with E-state index in [0.717, 1.165) is 29.2 Å². The highest BCUT2D eigenvalue weighted by atomic mass is 35.5. The Hall–Kier alpha value is -1.71. The molecule has 0 aromatic heterocycles. The van der Waals surface area contributed by atoms with Crippen molar-refractivity contribution in [2.75, 3.05) is 20.8 Å². The van der Waals surface area contributed by atoms with Gasteiger partial charge in [0, 0.05) is 10.6 Å². The molecule has 2 aromatic rings. The van der Waals surface area contributed by atoms with Crippen LogP contribution in [0.5, 0.6) is 11.5 Å². The molecule has 2 aromatic carbocycles. The zero-order valence-corrected chi connectivity index (χ0v) is 13.3. The summed E-state index contributed by atoms with van der Waals surface area (Å²) in [6, 6.07) is 13.7. The van der Waals surface area contributed by atoms with Crippen LogP contribution in [0, 0.1) is 0 Å². The first kappa shape index (κ1) is 15.7. The SMILES string of the molecule is CCNC(c1ccc(OC)cc1)c1cc(Cl)ccc1OC. The lowest BCUT2D eigenvalue weighted by atomic mass is 9.97. The fourth-order valence-corrected chi connectivity index (χ4v) is 2.52. The number of rotatable bonds is 6. The minimum absolute atomic E-state index is 0.0227. The van der Waals surface area contributed by atoms with Crippen LogP contribution in [-0.2, 0) is 0 Å². The smallest absolute Gasteiger partial charge is 0.124 e. The molecule has 0 fully saturated rings. The van der Waals surface area contributed by atoms with Crippen LogP contribution < -0.4 is 14.8 Å². The van der Waals surface area contributed by atoms with Crippen LogP contribution in [0.25, 0.3) is 0 Å². The van der Waals surface area contributed by atoms with Crippen molar-refractivity contribution in [2.24, 2.45) is 0 Å². The van der Waals surface area contributed by atoms with Gasteiger partial charge < -0.3 is 14.8 Å². The van der Waals surface area contributed by atoms with Crippen molar-refractivity contribution in [3.63, 3.8) is 0 Å². The van der Waals surface area contributed by atoms with Gasteiger partial charge in [-0.3, -0.25) is 0 Å². The van der Waals surface area contributed by atoms with Gasteiger partial charge in [0.25, 0.3) is 0 Å². The number of methoxy groups -OCH3 is 2. The summed E-state index contributed by atoms with van der Waals surface area (Å²) in [4.78, 5) is 0. The van der Waals surface area contributed by atoms with Gasteiger partial charge in [-0.15, -0.1) is 0 Å². The second-order valence-electron chi connectivity index (χ2n) is 4.65. The molecule has 21 heavy (non-hydrogen) atoms. The molecule has 0 spiro atoms. The van der Waals surface area contributed by atoms with Gasteiger partial charge in [-0.05, 0) is 42.4 Å². The summed E-state index contributed by atoms with van der Waals surface area (Å²) in [5, 5.41) is 4.17. The Balaban J connectivity index is 2.44. The molecule has 3 nitrogen and oxygen atoms in total. The molecular formula is C17H20ClNO2. The largest absolute Gasteiger partial charge is 0.497 e. The van der Waals surface area contributed by atoms with E-state index < -0.39 is 0 Å². The van der Waals surface area contributed by atoms with Crippen molar-refractivity contribution in [1.82, 2.24) is 5.32 Å². The summed E-state index contributed by atoms with van der Waals surface area (Å²) in [6.07, 6.45) is 0. The lowest BCUT2D eigenvalue weighted by Gasteiger charge is -2.21. The maximum absolute atomic E-state index is 6.15. The maximum Gasteiger partial charge on any atom is 0.124 e. The summed E-state index contributed by atoms with van der Waals surface area (Å²) < 4.78 is 10.7. The van der Waals surface area contributed by atoms with Crippen LogP contribution in [-0.4, -0.2) is 20.8 Å². The number of hydrogen-bond donors (Lipinski definition) is 1. The molecule has 0 heterocycles. The third kappa shape index (κ3) is 3.69. The van der Waals surface area contributed by atoms with E-state index in [1.807, 2.05) is 42.5 Å². The van der Waals surface area contributed by atoms with Crippen LogP contribution in [0.15, 0.2) is 42.5 Å². The molecule has 0 aliphatic heterocycles. The Kier molecular flexibility index (Phi) is 5.48. The predicted octanol–water partition coefficient (Wildman–Crippen LogP) is 4.06. The monoisotopic (exact) mass is 305 g/mol. The van der Waals surface area contributed by atoms with Crippen LogP contribution in [0.4, 0.5) is 0 Å². The Labute approximate surface area is 130 Å². The van der Waals surface area contributed by atoms with Crippen molar-refractivity contribution in [1.29, 1.82) is 0 Å². The van der Waals surface area contributed by atoms with E-state index in [2.05, 4.69) is 12.2 Å². The fourth-order valence-electron chi connectivity index (χ4n) is 2.34. The van der Waals surface area contributed by atoms with Gasteiger partial charge in [0.05, 0.1) is 20.3 Å². The lowest BCUT2D eigenvalue weighted by molar-refractivity contribution is 0.404. The Morgan fingerprint density at radius 1 is 1.05 bits per heavy atom. The van der Waals surface area contributed by atoms with E-state index in [1.54, 1.807) is 14.2 Å². The molecule has 1 N–H and O–H groups in total. The first-order valence-corrected chi connectivity index (χ1v) is 7.28. The second-order valence-corrected chi connectivity index (χ2v) is 5.09. The summed E-state index contributed by atoms with van der Waals surface area (Å²) in [7, 11) is 3.33. The van der Waals surface area contributed by atoms with Crippen LogP contribution in [0.3, 0.4) is 0 Å². The molecule has 0 amide bonds. The Morgan fingerprint density at radius 3 is 2.33 bits per heavy atom. The van der Waals surface area contributed by atoms with Crippen molar-refractivity contribution in [3.8, 4) is 11.5 Å². The number of benzene rings is 2. The zero-order chi connectivity index (χ0) is 15.2. The zero-order valence-electron chi connectivity index (χ0n) is 12.5. The average Bonchev–Trinajstić information content (AvgIpc) is 2.53. The average molecular weight is 306 g/mol. The molecule has 1 unspecified atom stereocenters. The molecule has 4 heteroatoms. The fraction of sp³-hybridized carbons (Fsp3) is 0.294.